The van der Waals surface area contributed by atoms with Crippen molar-refractivity contribution in [2.24, 2.45) is 5.41 Å². The van der Waals surface area contributed by atoms with Crippen LogP contribution in [0.4, 0.5) is 0 Å². The van der Waals surface area contributed by atoms with Gasteiger partial charge in [0.25, 0.3) is 0 Å². The van der Waals surface area contributed by atoms with Crippen molar-refractivity contribution < 1.29 is 19.3 Å². The standard InChI is InChI=1S/C13H27NO4/c1-13(2)11(10-12(13)15)14-4-5-17-8-9-18-7-6-16-3/h11-12,14-15H,4-10H2,1-3H3. The van der Waals surface area contributed by atoms with Gasteiger partial charge in [0.15, 0.2) is 0 Å². The minimum atomic E-state index is -0.176. The van der Waals surface area contributed by atoms with Gasteiger partial charge < -0.3 is 24.6 Å². The Bertz CT molecular complexity index is 223. The summed E-state index contributed by atoms with van der Waals surface area (Å²) < 4.78 is 15.6. The molecule has 1 fully saturated rings. The first-order valence-corrected chi connectivity index (χ1v) is 6.65. The summed E-state index contributed by atoms with van der Waals surface area (Å²) in [7, 11) is 1.66. The zero-order chi connectivity index (χ0) is 13.4. The first kappa shape index (κ1) is 15.9. The van der Waals surface area contributed by atoms with Crippen LogP contribution in [0.15, 0.2) is 0 Å². The van der Waals surface area contributed by atoms with E-state index in [-0.39, 0.29) is 11.5 Å². The molecule has 0 spiro atoms. The van der Waals surface area contributed by atoms with Crippen molar-refractivity contribution in [3.05, 3.63) is 0 Å². The third-order valence-electron chi connectivity index (χ3n) is 3.66. The number of methoxy groups -OCH3 is 1. The van der Waals surface area contributed by atoms with Crippen LogP contribution in [-0.2, 0) is 14.2 Å². The van der Waals surface area contributed by atoms with Crippen LogP contribution in [-0.4, -0.2) is 63.9 Å². The van der Waals surface area contributed by atoms with Crippen molar-refractivity contribution in [3.63, 3.8) is 0 Å². The minimum absolute atomic E-state index is 0.0107. The van der Waals surface area contributed by atoms with Gasteiger partial charge in [-0.2, -0.15) is 0 Å². The zero-order valence-corrected chi connectivity index (χ0v) is 11.8. The summed E-state index contributed by atoms with van der Waals surface area (Å²) in [6.45, 7) is 8.13. The van der Waals surface area contributed by atoms with E-state index in [1.807, 2.05) is 0 Å². The third kappa shape index (κ3) is 4.82. The summed E-state index contributed by atoms with van der Waals surface area (Å²) in [4.78, 5) is 0. The van der Waals surface area contributed by atoms with Crippen molar-refractivity contribution in [1.29, 1.82) is 0 Å². The number of rotatable bonds is 10. The van der Waals surface area contributed by atoms with Gasteiger partial charge in [-0.05, 0) is 6.42 Å². The van der Waals surface area contributed by atoms with Crippen LogP contribution in [0.1, 0.15) is 20.3 Å². The molecule has 0 amide bonds. The molecule has 0 radical (unpaired) electrons. The Morgan fingerprint density at radius 3 is 2.28 bits per heavy atom. The molecule has 2 unspecified atom stereocenters. The van der Waals surface area contributed by atoms with Gasteiger partial charge in [-0.3, -0.25) is 0 Å². The van der Waals surface area contributed by atoms with Crippen molar-refractivity contribution in [2.45, 2.75) is 32.4 Å². The van der Waals surface area contributed by atoms with Crippen LogP contribution >= 0.6 is 0 Å². The van der Waals surface area contributed by atoms with Gasteiger partial charge in [0, 0.05) is 25.1 Å². The lowest BCUT2D eigenvalue weighted by molar-refractivity contribution is -0.0741. The highest BCUT2D eigenvalue weighted by Crippen LogP contribution is 2.40. The second-order valence-electron chi connectivity index (χ2n) is 5.30. The number of nitrogens with one attached hydrogen (secondary N) is 1. The quantitative estimate of drug-likeness (QED) is 0.558. The number of hydrogen-bond acceptors (Lipinski definition) is 5. The summed E-state index contributed by atoms with van der Waals surface area (Å²) in [5, 5.41) is 13.0. The Labute approximate surface area is 110 Å². The van der Waals surface area contributed by atoms with Gasteiger partial charge in [0.05, 0.1) is 39.1 Å². The highest BCUT2D eigenvalue weighted by molar-refractivity contribution is 5.01. The molecule has 1 aliphatic rings. The summed E-state index contributed by atoms with van der Waals surface area (Å²) in [6, 6.07) is 0.397. The fourth-order valence-electron chi connectivity index (χ4n) is 2.02. The van der Waals surface area contributed by atoms with Crippen LogP contribution in [0.5, 0.6) is 0 Å². The predicted octanol–water partition coefficient (Wildman–Crippen LogP) is 0.415. The number of hydrogen-bond donors (Lipinski definition) is 2. The monoisotopic (exact) mass is 261 g/mol. The maximum absolute atomic E-state index is 9.59. The summed E-state index contributed by atoms with van der Waals surface area (Å²) in [5.74, 6) is 0. The summed E-state index contributed by atoms with van der Waals surface area (Å²) in [6.07, 6.45) is 0.665. The number of aliphatic hydroxyl groups is 1. The van der Waals surface area contributed by atoms with Gasteiger partial charge in [0.2, 0.25) is 0 Å². The summed E-state index contributed by atoms with van der Waals surface area (Å²) in [5.41, 5.74) is -0.0107. The van der Waals surface area contributed by atoms with E-state index < -0.39 is 0 Å². The molecule has 0 heterocycles. The van der Waals surface area contributed by atoms with E-state index in [0.717, 1.165) is 13.0 Å². The Balaban J connectivity index is 1.85. The lowest BCUT2D eigenvalue weighted by atomic mass is 9.64. The molecule has 0 bridgehead atoms. The predicted molar refractivity (Wildman–Crippen MR) is 69.7 cm³/mol. The van der Waals surface area contributed by atoms with Crippen LogP contribution in [0.25, 0.3) is 0 Å². The van der Waals surface area contributed by atoms with Crippen molar-refractivity contribution in [3.8, 4) is 0 Å². The Morgan fingerprint density at radius 1 is 1.11 bits per heavy atom. The molecule has 0 saturated heterocycles. The van der Waals surface area contributed by atoms with Gasteiger partial charge in [-0.15, -0.1) is 0 Å². The van der Waals surface area contributed by atoms with Crippen molar-refractivity contribution in [1.82, 2.24) is 5.32 Å². The normalized spacial score (nSPS) is 26.0. The van der Waals surface area contributed by atoms with Crippen LogP contribution in [0.3, 0.4) is 0 Å². The van der Waals surface area contributed by atoms with Crippen LogP contribution < -0.4 is 5.32 Å². The first-order chi connectivity index (χ1) is 8.59. The first-order valence-electron chi connectivity index (χ1n) is 6.65. The lowest BCUT2D eigenvalue weighted by Gasteiger charge is -2.49. The molecular weight excluding hydrogens is 234 g/mol. The van der Waals surface area contributed by atoms with E-state index in [2.05, 4.69) is 19.2 Å². The smallest absolute Gasteiger partial charge is 0.0701 e. The molecule has 1 saturated carbocycles. The van der Waals surface area contributed by atoms with Gasteiger partial charge in [-0.1, -0.05) is 13.8 Å². The number of aliphatic hydroxyl groups excluding tert-OH is 1. The molecule has 0 aromatic heterocycles. The molecule has 5 nitrogen and oxygen atoms in total. The fourth-order valence-corrected chi connectivity index (χ4v) is 2.02. The minimum Gasteiger partial charge on any atom is -0.392 e. The average molecular weight is 261 g/mol. The fraction of sp³-hybridized carbons (Fsp3) is 1.00. The molecule has 0 aliphatic heterocycles. The van der Waals surface area contributed by atoms with E-state index in [1.165, 1.54) is 0 Å². The number of ether oxygens (including phenoxy) is 3. The van der Waals surface area contributed by atoms with Crippen molar-refractivity contribution in [2.75, 3.05) is 46.7 Å². The van der Waals surface area contributed by atoms with Gasteiger partial charge >= 0.3 is 0 Å². The van der Waals surface area contributed by atoms with E-state index in [4.69, 9.17) is 14.2 Å². The molecule has 2 atom stereocenters. The molecule has 0 aromatic rings. The van der Waals surface area contributed by atoms with Crippen LogP contribution in [0, 0.1) is 5.41 Å². The topological polar surface area (TPSA) is 60.0 Å². The Morgan fingerprint density at radius 2 is 1.72 bits per heavy atom. The largest absolute Gasteiger partial charge is 0.392 e. The highest BCUT2D eigenvalue weighted by Gasteiger charge is 2.46. The van der Waals surface area contributed by atoms with Gasteiger partial charge in [0.1, 0.15) is 0 Å². The average Bonchev–Trinajstić information content (AvgIpc) is 2.35. The van der Waals surface area contributed by atoms with E-state index in [9.17, 15) is 5.11 Å². The molecule has 0 aromatic carbocycles. The zero-order valence-electron chi connectivity index (χ0n) is 11.8. The molecule has 5 heteroatoms. The lowest BCUT2D eigenvalue weighted by Crippen LogP contribution is -2.60. The van der Waals surface area contributed by atoms with E-state index >= 15 is 0 Å². The van der Waals surface area contributed by atoms with Crippen molar-refractivity contribution >= 4 is 0 Å². The molecule has 108 valence electrons. The third-order valence-corrected chi connectivity index (χ3v) is 3.66. The molecule has 1 aliphatic carbocycles. The SMILES string of the molecule is COCCOCCOCCNC1CC(O)C1(C)C. The maximum Gasteiger partial charge on any atom is 0.0701 e. The van der Waals surface area contributed by atoms with Gasteiger partial charge in [-0.25, -0.2) is 0 Å². The molecule has 1 rings (SSSR count). The maximum atomic E-state index is 9.59. The molecular formula is C13H27NO4. The molecule has 18 heavy (non-hydrogen) atoms. The Kier molecular flexibility index (Phi) is 7.11. The second kappa shape index (κ2) is 8.07. The Hall–Kier alpha value is -0.200. The molecule has 2 N–H and O–H groups in total. The summed E-state index contributed by atoms with van der Waals surface area (Å²) >= 11 is 0. The van der Waals surface area contributed by atoms with E-state index in [0.29, 0.717) is 39.1 Å². The van der Waals surface area contributed by atoms with E-state index in [1.54, 1.807) is 7.11 Å². The highest BCUT2D eigenvalue weighted by atomic mass is 16.5. The van der Waals surface area contributed by atoms with Crippen LogP contribution in [0.2, 0.25) is 0 Å². The second-order valence-corrected chi connectivity index (χ2v) is 5.30.